The van der Waals surface area contributed by atoms with Crippen LogP contribution < -0.4 is 14.2 Å². The molecule has 1 spiro atoms. The lowest BCUT2D eigenvalue weighted by Crippen LogP contribution is -2.57. The third kappa shape index (κ3) is 3.51. The number of ether oxygens (including phenoxy) is 5. The number of hydrogen-bond donors (Lipinski definition) is 0. The minimum Gasteiger partial charge on any atom is -0.497 e. The van der Waals surface area contributed by atoms with E-state index in [1.54, 1.807) is 18.9 Å². The Hall–Kier alpha value is -3.36. The van der Waals surface area contributed by atoms with Gasteiger partial charge < -0.3 is 23.7 Å². The van der Waals surface area contributed by atoms with Gasteiger partial charge in [-0.25, -0.2) is 14.5 Å². The van der Waals surface area contributed by atoms with Crippen LogP contribution in [0.5, 0.6) is 17.5 Å². The van der Waals surface area contributed by atoms with Gasteiger partial charge in [0, 0.05) is 24.6 Å². The molecule has 2 bridgehead atoms. The average molecular weight is 457 g/mol. The van der Waals surface area contributed by atoms with Crippen molar-refractivity contribution < 1.29 is 33.3 Å². The van der Waals surface area contributed by atoms with Crippen LogP contribution in [0.2, 0.25) is 0 Å². The smallest absolute Gasteiger partial charge is 0.422 e. The SMILES string of the molecule is COc1cccc(C#CC(C)Oc2nsnc2OC2C3CCN(C3)C23OC(=O)C(=O)O3)c1. The van der Waals surface area contributed by atoms with Gasteiger partial charge in [0.1, 0.15) is 5.75 Å². The van der Waals surface area contributed by atoms with Crippen LogP contribution >= 0.6 is 11.7 Å². The molecule has 3 fully saturated rings. The monoisotopic (exact) mass is 457 g/mol. The van der Waals surface area contributed by atoms with Crippen molar-refractivity contribution in [2.75, 3.05) is 20.2 Å². The molecular weight excluding hydrogens is 438 g/mol. The second-order valence-corrected chi connectivity index (χ2v) is 8.11. The largest absolute Gasteiger partial charge is 0.497 e. The van der Waals surface area contributed by atoms with E-state index < -0.39 is 30.1 Å². The fourth-order valence-corrected chi connectivity index (χ4v) is 4.53. The number of piperidine rings is 1. The molecule has 4 heterocycles. The Morgan fingerprint density at radius 3 is 2.81 bits per heavy atom. The van der Waals surface area contributed by atoms with Gasteiger partial charge in [-0.1, -0.05) is 17.9 Å². The van der Waals surface area contributed by atoms with E-state index in [2.05, 4.69) is 20.6 Å². The first kappa shape index (κ1) is 20.5. The molecule has 3 saturated heterocycles. The van der Waals surface area contributed by atoms with Crippen LogP contribution in [0.3, 0.4) is 0 Å². The lowest BCUT2D eigenvalue weighted by atomic mass is 9.99. The number of methoxy groups -OCH3 is 1. The molecule has 0 amide bonds. The fourth-order valence-electron chi connectivity index (χ4n) is 4.10. The molecule has 1 aromatic heterocycles. The van der Waals surface area contributed by atoms with E-state index in [0.717, 1.165) is 23.7 Å². The van der Waals surface area contributed by atoms with E-state index in [9.17, 15) is 9.59 Å². The van der Waals surface area contributed by atoms with E-state index in [1.165, 1.54) is 0 Å². The van der Waals surface area contributed by atoms with E-state index in [0.29, 0.717) is 18.8 Å². The van der Waals surface area contributed by atoms with E-state index in [1.807, 2.05) is 24.3 Å². The van der Waals surface area contributed by atoms with Crippen LogP contribution in [0.4, 0.5) is 0 Å². The van der Waals surface area contributed by atoms with Crippen LogP contribution in [-0.4, -0.2) is 63.9 Å². The fraction of sp³-hybridized carbons (Fsp3) is 0.429. The highest BCUT2D eigenvalue weighted by Crippen LogP contribution is 2.47. The first-order valence-corrected chi connectivity index (χ1v) is 10.7. The highest BCUT2D eigenvalue weighted by molar-refractivity contribution is 6.99. The molecule has 5 rings (SSSR count). The standard InChI is InChI=1S/C21H19N3O7S/c1-12(6-7-13-4-3-5-15(10-13)27-2)28-17-18(23-32-22-17)29-16-14-8-9-24(11-14)21(16)30-19(25)20(26)31-21/h3-5,10,12,14,16H,8-9,11H2,1-2H3. The number of hydrogen-bond acceptors (Lipinski definition) is 11. The molecule has 0 radical (unpaired) electrons. The zero-order valence-electron chi connectivity index (χ0n) is 17.3. The Bertz CT molecular complexity index is 1110. The predicted octanol–water partition coefficient (Wildman–Crippen LogP) is 1.20. The molecule has 1 aromatic carbocycles. The van der Waals surface area contributed by atoms with E-state index >= 15 is 0 Å². The van der Waals surface area contributed by atoms with Gasteiger partial charge in [0.2, 0.25) is 0 Å². The topological polar surface area (TPSA) is 109 Å². The van der Waals surface area contributed by atoms with Gasteiger partial charge in [-0.05, 0) is 31.5 Å². The molecule has 11 heteroatoms. The number of carbonyl (C=O) groups is 2. The third-order valence-electron chi connectivity index (χ3n) is 5.54. The Morgan fingerprint density at radius 2 is 2.03 bits per heavy atom. The van der Waals surface area contributed by atoms with Gasteiger partial charge >= 0.3 is 17.8 Å². The second-order valence-electron chi connectivity index (χ2n) is 7.58. The average Bonchev–Trinajstić information content (AvgIpc) is 3.55. The van der Waals surface area contributed by atoms with Crippen molar-refractivity contribution in [2.45, 2.75) is 31.5 Å². The maximum absolute atomic E-state index is 11.7. The van der Waals surface area contributed by atoms with Gasteiger partial charge in [-0.15, -0.1) is 8.75 Å². The highest BCUT2D eigenvalue weighted by atomic mass is 32.1. The molecule has 0 N–H and O–H groups in total. The minimum absolute atomic E-state index is 0.00789. The summed E-state index contributed by atoms with van der Waals surface area (Å²) in [6.45, 7) is 3.00. The van der Waals surface area contributed by atoms with Crippen LogP contribution in [0.25, 0.3) is 0 Å². The summed E-state index contributed by atoms with van der Waals surface area (Å²) in [6.07, 6.45) is -0.416. The van der Waals surface area contributed by atoms with Crippen LogP contribution in [-0.2, 0) is 19.1 Å². The maximum Gasteiger partial charge on any atom is 0.422 e. The van der Waals surface area contributed by atoms with Crippen molar-refractivity contribution in [2.24, 2.45) is 5.92 Å². The summed E-state index contributed by atoms with van der Waals surface area (Å²) in [5.41, 5.74) is 0.788. The molecule has 0 aliphatic carbocycles. The molecule has 0 saturated carbocycles. The van der Waals surface area contributed by atoms with E-state index in [-0.39, 0.29) is 17.7 Å². The molecule has 4 unspecified atom stereocenters. The number of aromatic nitrogens is 2. The predicted molar refractivity (Wildman–Crippen MR) is 109 cm³/mol. The summed E-state index contributed by atoms with van der Waals surface area (Å²) in [5.74, 6) is 3.46. The third-order valence-corrected chi connectivity index (χ3v) is 6.04. The van der Waals surface area contributed by atoms with Crippen LogP contribution in [0, 0.1) is 17.8 Å². The van der Waals surface area contributed by atoms with Crippen molar-refractivity contribution in [3.63, 3.8) is 0 Å². The van der Waals surface area contributed by atoms with Gasteiger partial charge in [0.25, 0.3) is 11.8 Å². The summed E-state index contributed by atoms with van der Waals surface area (Å²) >= 11 is 0.919. The Kier molecular flexibility index (Phi) is 5.11. The van der Waals surface area contributed by atoms with Crippen molar-refractivity contribution in [1.29, 1.82) is 0 Å². The van der Waals surface area contributed by atoms with Crippen molar-refractivity contribution in [3.05, 3.63) is 29.8 Å². The molecule has 3 aliphatic rings. The summed E-state index contributed by atoms with van der Waals surface area (Å²) in [5, 5.41) is 0. The molecule has 32 heavy (non-hydrogen) atoms. The number of esters is 2. The lowest BCUT2D eigenvalue weighted by Gasteiger charge is -2.36. The first-order chi connectivity index (χ1) is 15.5. The molecule has 10 nitrogen and oxygen atoms in total. The van der Waals surface area contributed by atoms with E-state index in [4.69, 9.17) is 23.7 Å². The molecular formula is C21H19N3O7S. The second kappa shape index (κ2) is 7.96. The molecule has 2 aromatic rings. The number of benzene rings is 1. The highest BCUT2D eigenvalue weighted by Gasteiger charge is 2.69. The van der Waals surface area contributed by atoms with Gasteiger partial charge in [0.05, 0.1) is 18.8 Å². The number of fused-ring (bicyclic) bond motifs is 3. The quantitative estimate of drug-likeness (QED) is 0.369. The zero-order chi connectivity index (χ0) is 22.3. The zero-order valence-corrected chi connectivity index (χ0v) is 18.1. The molecule has 166 valence electrons. The minimum atomic E-state index is -1.56. The summed E-state index contributed by atoms with van der Waals surface area (Å²) in [4.78, 5) is 25.3. The molecule has 4 atom stereocenters. The number of carbonyl (C=O) groups excluding carboxylic acids is 2. The Morgan fingerprint density at radius 1 is 1.25 bits per heavy atom. The van der Waals surface area contributed by atoms with Gasteiger partial charge in [-0.2, -0.15) is 0 Å². The first-order valence-electron chi connectivity index (χ1n) is 10.0. The number of nitrogens with zero attached hydrogens (tertiary/aromatic N) is 3. The Balaban J connectivity index is 1.31. The van der Waals surface area contributed by atoms with Gasteiger partial charge in [-0.3, -0.25) is 0 Å². The summed E-state index contributed by atoms with van der Waals surface area (Å²) in [6, 6.07) is 7.39. The maximum atomic E-state index is 11.7. The normalized spacial score (nSPS) is 25.6. The molecule has 3 aliphatic heterocycles. The number of rotatable bonds is 5. The van der Waals surface area contributed by atoms with Crippen molar-refractivity contribution >= 4 is 23.7 Å². The van der Waals surface area contributed by atoms with Crippen molar-refractivity contribution in [1.82, 2.24) is 13.6 Å². The van der Waals surface area contributed by atoms with Crippen LogP contribution in [0.15, 0.2) is 24.3 Å². The van der Waals surface area contributed by atoms with Gasteiger partial charge in [0.15, 0.2) is 12.2 Å². The lowest BCUT2D eigenvalue weighted by molar-refractivity contribution is -0.273. The van der Waals surface area contributed by atoms with Crippen molar-refractivity contribution in [3.8, 4) is 29.4 Å². The summed E-state index contributed by atoms with van der Waals surface area (Å²) < 4.78 is 36.0. The van der Waals surface area contributed by atoms with Crippen LogP contribution in [0.1, 0.15) is 18.9 Å². The summed E-state index contributed by atoms with van der Waals surface area (Å²) in [7, 11) is 1.60. The Labute approximate surface area is 187 Å².